The largest absolute Gasteiger partial charge is 0.433 e. The number of halogens is 4. The van der Waals surface area contributed by atoms with Gasteiger partial charge in [-0.3, -0.25) is 4.98 Å². The van der Waals surface area contributed by atoms with Crippen molar-refractivity contribution >= 4 is 11.6 Å². The molecule has 0 spiro atoms. The van der Waals surface area contributed by atoms with E-state index in [9.17, 15) is 13.2 Å². The van der Waals surface area contributed by atoms with Gasteiger partial charge < -0.3 is 0 Å². The molecule has 2 nitrogen and oxygen atoms in total. The average Bonchev–Trinajstić information content (AvgIpc) is 2.59. The Morgan fingerprint density at radius 1 is 1.00 bits per heavy atom. The molecule has 0 atom stereocenters. The molecule has 26 heavy (non-hydrogen) atoms. The molecule has 0 saturated carbocycles. The lowest BCUT2D eigenvalue weighted by Gasteiger charge is -2.14. The number of hydrogen-bond donors (Lipinski definition) is 0. The number of aromatic nitrogens is 2. The molecule has 3 rings (SSSR count). The molecule has 0 bridgehead atoms. The Labute approximate surface area is 154 Å². The summed E-state index contributed by atoms with van der Waals surface area (Å²) < 4.78 is 40.5. The molecule has 134 valence electrons. The first-order valence-corrected chi connectivity index (χ1v) is 8.44. The van der Waals surface area contributed by atoms with Crippen LogP contribution in [0.3, 0.4) is 0 Å². The SMILES string of the molecule is Cc1cncc(-c2ccc(CCc3cccc(Cl)c3)c(C(F)(F)F)n2)c1. The fourth-order valence-corrected chi connectivity index (χ4v) is 2.98. The van der Waals surface area contributed by atoms with Crippen LogP contribution in [0.25, 0.3) is 11.3 Å². The summed E-state index contributed by atoms with van der Waals surface area (Å²) in [6.07, 6.45) is -0.670. The van der Waals surface area contributed by atoms with Crippen LogP contribution in [-0.2, 0) is 19.0 Å². The summed E-state index contributed by atoms with van der Waals surface area (Å²) in [4.78, 5) is 7.92. The van der Waals surface area contributed by atoms with Gasteiger partial charge in [0.1, 0.15) is 5.69 Å². The maximum atomic E-state index is 13.5. The van der Waals surface area contributed by atoms with Crippen molar-refractivity contribution in [3.63, 3.8) is 0 Å². The molecule has 0 fully saturated rings. The number of hydrogen-bond acceptors (Lipinski definition) is 2. The molecule has 0 aliphatic rings. The second kappa shape index (κ2) is 7.46. The van der Waals surface area contributed by atoms with E-state index in [0.29, 0.717) is 17.0 Å². The van der Waals surface area contributed by atoms with Gasteiger partial charge in [-0.1, -0.05) is 29.8 Å². The number of aryl methyl sites for hydroxylation is 3. The van der Waals surface area contributed by atoms with Crippen LogP contribution in [0.5, 0.6) is 0 Å². The molecule has 0 saturated heterocycles. The Kier molecular flexibility index (Phi) is 5.28. The van der Waals surface area contributed by atoms with Crippen LogP contribution in [0.4, 0.5) is 13.2 Å². The lowest BCUT2D eigenvalue weighted by Crippen LogP contribution is -2.13. The summed E-state index contributed by atoms with van der Waals surface area (Å²) in [6, 6.07) is 12.0. The Morgan fingerprint density at radius 2 is 1.81 bits per heavy atom. The fraction of sp³-hybridized carbons (Fsp3) is 0.200. The molecule has 0 unspecified atom stereocenters. The summed E-state index contributed by atoms with van der Waals surface area (Å²) in [5.41, 5.74) is 1.90. The van der Waals surface area contributed by atoms with Crippen LogP contribution < -0.4 is 0 Å². The maximum absolute atomic E-state index is 13.5. The Balaban J connectivity index is 1.92. The number of benzene rings is 1. The van der Waals surface area contributed by atoms with Crippen molar-refractivity contribution in [2.24, 2.45) is 0 Å². The predicted octanol–water partition coefficient (Wildman–Crippen LogP) is 5.91. The first-order chi connectivity index (χ1) is 12.3. The molecule has 1 aromatic carbocycles. The number of alkyl halides is 3. The summed E-state index contributed by atoms with van der Waals surface area (Å²) in [7, 11) is 0. The normalized spacial score (nSPS) is 11.6. The van der Waals surface area contributed by atoms with Crippen molar-refractivity contribution in [1.82, 2.24) is 9.97 Å². The quantitative estimate of drug-likeness (QED) is 0.565. The van der Waals surface area contributed by atoms with Crippen molar-refractivity contribution in [2.45, 2.75) is 25.9 Å². The molecule has 0 aliphatic heterocycles. The van der Waals surface area contributed by atoms with Gasteiger partial charge in [0.2, 0.25) is 0 Å². The van der Waals surface area contributed by atoms with Crippen LogP contribution in [0.1, 0.15) is 22.4 Å². The third kappa shape index (κ3) is 4.41. The summed E-state index contributed by atoms with van der Waals surface area (Å²) >= 11 is 5.93. The highest BCUT2D eigenvalue weighted by atomic mass is 35.5. The predicted molar refractivity (Wildman–Crippen MR) is 96.1 cm³/mol. The minimum Gasteiger partial charge on any atom is -0.264 e. The average molecular weight is 377 g/mol. The van der Waals surface area contributed by atoms with E-state index < -0.39 is 11.9 Å². The van der Waals surface area contributed by atoms with Gasteiger partial charge in [0, 0.05) is 23.0 Å². The zero-order chi connectivity index (χ0) is 18.7. The molecule has 2 heterocycles. The zero-order valence-electron chi connectivity index (χ0n) is 14.0. The van der Waals surface area contributed by atoms with Gasteiger partial charge in [-0.2, -0.15) is 13.2 Å². The third-order valence-electron chi connectivity index (χ3n) is 3.99. The molecule has 0 N–H and O–H groups in total. The Morgan fingerprint density at radius 3 is 2.50 bits per heavy atom. The van der Waals surface area contributed by atoms with Crippen LogP contribution in [0.2, 0.25) is 5.02 Å². The smallest absolute Gasteiger partial charge is 0.264 e. The zero-order valence-corrected chi connectivity index (χ0v) is 14.8. The van der Waals surface area contributed by atoms with Crippen molar-refractivity contribution < 1.29 is 13.2 Å². The minimum atomic E-state index is -4.52. The lowest BCUT2D eigenvalue weighted by molar-refractivity contribution is -0.141. The van der Waals surface area contributed by atoms with Crippen molar-refractivity contribution in [2.75, 3.05) is 0 Å². The first-order valence-electron chi connectivity index (χ1n) is 8.06. The first kappa shape index (κ1) is 18.4. The van der Waals surface area contributed by atoms with Crippen molar-refractivity contribution in [3.05, 3.63) is 82.3 Å². The fourth-order valence-electron chi connectivity index (χ4n) is 2.76. The highest BCUT2D eigenvalue weighted by molar-refractivity contribution is 6.30. The van der Waals surface area contributed by atoms with Gasteiger partial charge in [0.25, 0.3) is 0 Å². The van der Waals surface area contributed by atoms with E-state index in [1.54, 1.807) is 36.5 Å². The lowest BCUT2D eigenvalue weighted by atomic mass is 10.0. The highest BCUT2D eigenvalue weighted by Crippen LogP contribution is 2.33. The Hall–Kier alpha value is -2.40. The van der Waals surface area contributed by atoms with E-state index >= 15 is 0 Å². The maximum Gasteiger partial charge on any atom is 0.433 e. The van der Waals surface area contributed by atoms with Gasteiger partial charge in [-0.15, -0.1) is 0 Å². The van der Waals surface area contributed by atoms with E-state index in [0.717, 1.165) is 11.1 Å². The molecular weight excluding hydrogens is 361 g/mol. The standard InChI is InChI=1S/C20H16ClF3N2/c1-13-9-16(12-25-11-13)18-8-7-15(19(26-18)20(22,23)24)6-5-14-3-2-4-17(21)10-14/h2-4,7-12H,5-6H2,1H3. The van der Waals surface area contributed by atoms with Crippen LogP contribution >= 0.6 is 11.6 Å². The molecule has 0 amide bonds. The van der Waals surface area contributed by atoms with Gasteiger partial charge in [-0.25, -0.2) is 4.98 Å². The monoisotopic (exact) mass is 376 g/mol. The molecule has 0 aliphatic carbocycles. The molecule has 0 radical (unpaired) electrons. The van der Waals surface area contributed by atoms with Gasteiger partial charge >= 0.3 is 6.18 Å². The summed E-state index contributed by atoms with van der Waals surface area (Å²) in [6.45, 7) is 1.83. The molecular formula is C20H16ClF3N2. The van der Waals surface area contributed by atoms with Crippen molar-refractivity contribution in [1.29, 1.82) is 0 Å². The van der Waals surface area contributed by atoms with E-state index in [1.807, 2.05) is 13.0 Å². The molecule has 2 aromatic heterocycles. The van der Waals surface area contributed by atoms with E-state index in [-0.39, 0.29) is 17.7 Å². The number of rotatable bonds is 4. The van der Waals surface area contributed by atoms with Crippen LogP contribution in [0, 0.1) is 6.92 Å². The Bertz CT molecular complexity index is 923. The second-order valence-corrected chi connectivity index (χ2v) is 6.52. The van der Waals surface area contributed by atoms with E-state index in [1.165, 1.54) is 12.3 Å². The number of nitrogens with zero attached hydrogens (tertiary/aromatic N) is 2. The summed E-state index contributed by atoms with van der Waals surface area (Å²) in [5, 5.41) is 0.568. The van der Waals surface area contributed by atoms with Gasteiger partial charge in [0.15, 0.2) is 0 Å². The van der Waals surface area contributed by atoms with E-state index in [4.69, 9.17) is 11.6 Å². The van der Waals surface area contributed by atoms with E-state index in [2.05, 4.69) is 9.97 Å². The topological polar surface area (TPSA) is 25.8 Å². The van der Waals surface area contributed by atoms with Gasteiger partial charge in [-0.05, 0) is 60.7 Å². The second-order valence-electron chi connectivity index (χ2n) is 6.08. The van der Waals surface area contributed by atoms with Crippen molar-refractivity contribution in [3.8, 4) is 11.3 Å². The minimum absolute atomic E-state index is 0.168. The summed E-state index contributed by atoms with van der Waals surface area (Å²) in [5.74, 6) is 0. The molecule has 3 aromatic rings. The highest BCUT2D eigenvalue weighted by Gasteiger charge is 2.35. The van der Waals surface area contributed by atoms with Crippen LogP contribution in [0.15, 0.2) is 54.9 Å². The van der Waals surface area contributed by atoms with Gasteiger partial charge in [0.05, 0.1) is 5.69 Å². The number of pyridine rings is 2. The molecule has 6 heteroatoms. The van der Waals surface area contributed by atoms with Crippen LogP contribution in [-0.4, -0.2) is 9.97 Å². The third-order valence-corrected chi connectivity index (χ3v) is 4.23.